The first-order valence-corrected chi connectivity index (χ1v) is 11.3. The van der Waals surface area contributed by atoms with E-state index in [2.05, 4.69) is 25.6 Å². The highest BCUT2D eigenvalue weighted by atomic mass is 16.5. The van der Waals surface area contributed by atoms with Crippen molar-refractivity contribution in [2.75, 3.05) is 25.1 Å². The molecular weight excluding hydrogens is 448 g/mol. The van der Waals surface area contributed by atoms with Crippen LogP contribution in [-0.4, -0.2) is 61.6 Å². The zero-order valence-corrected chi connectivity index (χ0v) is 19.9. The quantitative estimate of drug-likeness (QED) is 0.249. The first-order chi connectivity index (χ1) is 16.7. The van der Waals surface area contributed by atoms with E-state index in [4.69, 9.17) is 9.84 Å². The summed E-state index contributed by atoms with van der Waals surface area (Å²) in [6.45, 7) is 6.69. The van der Waals surface area contributed by atoms with Gasteiger partial charge in [-0.3, -0.25) is 9.59 Å². The summed E-state index contributed by atoms with van der Waals surface area (Å²) < 4.78 is 6.70. The number of benzene rings is 2. The van der Waals surface area contributed by atoms with Crippen molar-refractivity contribution < 1.29 is 19.4 Å². The van der Waals surface area contributed by atoms with Crippen LogP contribution in [0.3, 0.4) is 0 Å². The van der Waals surface area contributed by atoms with Crippen LogP contribution in [0.15, 0.2) is 48.7 Å². The number of imidazole rings is 1. The number of nitrogens with zero attached hydrogens (tertiary/aromatic N) is 4. The molecule has 3 N–H and O–H groups in total. The number of H-pyrrole nitrogens is 1. The molecule has 0 atom stereocenters. The molecule has 35 heavy (non-hydrogen) atoms. The lowest BCUT2D eigenvalue weighted by atomic mass is 9.86. The third-order valence-electron chi connectivity index (χ3n) is 5.31. The van der Waals surface area contributed by atoms with Crippen LogP contribution in [0, 0.1) is 5.41 Å². The van der Waals surface area contributed by atoms with Crippen molar-refractivity contribution in [2.45, 2.75) is 27.3 Å². The lowest BCUT2D eigenvalue weighted by molar-refractivity contribution is 0.0851. The van der Waals surface area contributed by atoms with Crippen molar-refractivity contribution in [1.29, 1.82) is 0 Å². The maximum Gasteiger partial charge on any atom is 0.277 e. The molecule has 2 aromatic carbocycles. The molecule has 2 aromatic heterocycles. The standard InChI is InChI=1S/C25H28N6O4/c1-25(2,3)22(33)17-6-9-19-20(14-17)28-23(27-19)16-4-7-18(8-5-16)26-24(34)21-15-31(30-29-21)10-12-35-13-11-32/h4-9,14-15,32H,10-13H2,1-3H3,(H,26,34)(H,27,28). The summed E-state index contributed by atoms with van der Waals surface area (Å²) >= 11 is 0. The first kappa shape index (κ1) is 24.2. The molecular formula is C25H28N6O4. The van der Waals surface area contributed by atoms with Gasteiger partial charge in [0.05, 0.1) is 43.6 Å². The van der Waals surface area contributed by atoms with Gasteiger partial charge in [-0.05, 0) is 42.5 Å². The number of ketones is 1. The smallest absolute Gasteiger partial charge is 0.277 e. The number of carbonyl (C=O) groups is 2. The van der Waals surface area contributed by atoms with Crippen LogP contribution in [0.5, 0.6) is 0 Å². The average molecular weight is 477 g/mol. The van der Waals surface area contributed by atoms with Gasteiger partial charge in [-0.2, -0.15) is 0 Å². The largest absolute Gasteiger partial charge is 0.394 e. The molecule has 0 radical (unpaired) electrons. The Balaban J connectivity index is 1.42. The highest BCUT2D eigenvalue weighted by Crippen LogP contribution is 2.26. The van der Waals surface area contributed by atoms with Crippen LogP contribution in [0.1, 0.15) is 41.6 Å². The summed E-state index contributed by atoms with van der Waals surface area (Å²) in [4.78, 5) is 33.0. The van der Waals surface area contributed by atoms with Gasteiger partial charge in [-0.1, -0.05) is 26.0 Å². The van der Waals surface area contributed by atoms with Gasteiger partial charge in [0.25, 0.3) is 5.91 Å². The van der Waals surface area contributed by atoms with E-state index < -0.39 is 5.41 Å². The predicted molar refractivity (Wildman–Crippen MR) is 131 cm³/mol. The summed E-state index contributed by atoms with van der Waals surface area (Å²) in [5.74, 6) is 0.365. The molecule has 0 spiro atoms. The monoisotopic (exact) mass is 476 g/mol. The fourth-order valence-corrected chi connectivity index (χ4v) is 3.46. The number of aliphatic hydroxyl groups excluding tert-OH is 1. The van der Waals surface area contributed by atoms with Crippen molar-refractivity contribution in [1.82, 2.24) is 25.0 Å². The Labute approximate surface area is 202 Å². The molecule has 10 heteroatoms. The Bertz CT molecular complexity index is 1330. The van der Waals surface area contributed by atoms with Gasteiger partial charge >= 0.3 is 0 Å². The summed E-state index contributed by atoms with van der Waals surface area (Å²) in [7, 11) is 0. The number of aromatic nitrogens is 5. The van der Waals surface area contributed by atoms with Crippen LogP contribution in [0.2, 0.25) is 0 Å². The van der Waals surface area contributed by atoms with Gasteiger partial charge in [-0.25, -0.2) is 9.67 Å². The highest BCUT2D eigenvalue weighted by molar-refractivity contribution is 6.03. The van der Waals surface area contributed by atoms with Gasteiger partial charge < -0.3 is 20.1 Å². The number of hydrogen-bond acceptors (Lipinski definition) is 7. The van der Waals surface area contributed by atoms with Gasteiger partial charge in [0, 0.05) is 22.2 Å². The van der Waals surface area contributed by atoms with Crippen molar-refractivity contribution in [3.8, 4) is 11.4 Å². The molecule has 0 saturated heterocycles. The van der Waals surface area contributed by atoms with Crippen molar-refractivity contribution in [2.24, 2.45) is 5.41 Å². The Morgan fingerprint density at radius 2 is 1.89 bits per heavy atom. The third kappa shape index (κ3) is 5.79. The number of nitrogens with one attached hydrogen (secondary N) is 2. The molecule has 0 aliphatic heterocycles. The number of Topliss-reactive ketones (excluding diaryl/α,β-unsaturated/α-hetero) is 1. The molecule has 182 valence electrons. The number of fused-ring (bicyclic) bond motifs is 1. The highest BCUT2D eigenvalue weighted by Gasteiger charge is 2.23. The third-order valence-corrected chi connectivity index (χ3v) is 5.31. The number of anilines is 1. The summed E-state index contributed by atoms with van der Waals surface area (Å²) in [6.07, 6.45) is 1.54. The molecule has 0 unspecified atom stereocenters. The van der Waals surface area contributed by atoms with E-state index in [1.54, 1.807) is 18.3 Å². The molecule has 0 saturated carbocycles. The topological polar surface area (TPSA) is 135 Å². The van der Waals surface area contributed by atoms with Gasteiger partial charge in [0.15, 0.2) is 11.5 Å². The maximum absolute atomic E-state index is 12.6. The maximum atomic E-state index is 12.6. The van der Waals surface area contributed by atoms with Crippen molar-refractivity contribution >= 4 is 28.4 Å². The zero-order chi connectivity index (χ0) is 25.0. The Kier molecular flexibility index (Phi) is 7.04. The zero-order valence-electron chi connectivity index (χ0n) is 19.9. The predicted octanol–water partition coefficient (Wildman–Crippen LogP) is 3.31. The molecule has 2 heterocycles. The first-order valence-electron chi connectivity index (χ1n) is 11.3. The van der Waals surface area contributed by atoms with Crippen molar-refractivity contribution in [3.05, 3.63) is 59.9 Å². The number of aliphatic hydroxyl groups is 1. The van der Waals surface area contributed by atoms with Crippen LogP contribution in [-0.2, 0) is 11.3 Å². The van der Waals surface area contributed by atoms with Crippen LogP contribution >= 0.6 is 0 Å². The lowest BCUT2D eigenvalue weighted by Crippen LogP contribution is -2.19. The Morgan fingerprint density at radius 1 is 1.11 bits per heavy atom. The molecule has 0 aliphatic rings. The van der Waals surface area contributed by atoms with E-state index in [9.17, 15) is 9.59 Å². The van der Waals surface area contributed by atoms with Gasteiger partial charge in [-0.15, -0.1) is 5.10 Å². The fraction of sp³-hybridized carbons (Fsp3) is 0.320. The van der Waals surface area contributed by atoms with E-state index in [-0.39, 0.29) is 30.6 Å². The molecule has 4 rings (SSSR count). The van der Waals surface area contributed by atoms with Crippen LogP contribution < -0.4 is 5.32 Å². The van der Waals surface area contributed by atoms with Gasteiger partial charge in [0.2, 0.25) is 0 Å². The normalized spacial score (nSPS) is 11.7. The molecule has 4 aromatic rings. The second-order valence-corrected chi connectivity index (χ2v) is 9.13. The minimum absolute atomic E-state index is 0.0421. The average Bonchev–Trinajstić information content (AvgIpc) is 3.48. The summed E-state index contributed by atoms with van der Waals surface area (Å²) in [5, 5.41) is 19.3. The number of ether oxygens (including phenoxy) is 1. The number of rotatable bonds is 9. The number of amides is 1. The van der Waals surface area contributed by atoms with Crippen molar-refractivity contribution in [3.63, 3.8) is 0 Å². The lowest BCUT2D eigenvalue weighted by Gasteiger charge is -2.16. The van der Waals surface area contributed by atoms with Crippen LogP contribution in [0.4, 0.5) is 5.69 Å². The van der Waals surface area contributed by atoms with E-state index in [1.165, 1.54) is 4.68 Å². The fourth-order valence-electron chi connectivity index (χ4n) is 3.46. The molecule has 10 nitrogen and oxygen atoms in total. The second kappa shape index (κ2) is 10.2. The van der Waals surface area contributed by atoms with E-state index in [0.29, 0.717) is 30.2 Å². The van der Waals surface area contributed by atoms with E-state index >= 15 is 0 Å². The summed E-state index contributed by atoms with van der Waals surface area (Å²) in [5.41, 5.74) is 3.37. The second-order valence-electron chi connectivity index (χ2n) is 9.13. The Morgan fingerprint density at radius 3 is 2.60 bits per heavy atom. The number of aromatic amines is 1. The number of carbonyl (C=O) groups excluding carboxylic acids is 2. The van der Waals surface area contributed by atoms with Crippen LogP contribution in [0.25, 0.3) is 22.4 Å². The van der Waals surface area contributed by atoms with Gasteiger partial charge in [0.1, 0.15) is 5.82 Å². The minimum atomic E-state index is -0.462. The minimum Gasteiger partial charge on any atom is -0.394 e. The Hall–Kier alpha value is -3.89. The van der Waals surface area contributed by atoms with E-state index in [0.717, 1.165) is 16.6 Å². The molecule has 0 fully saturated rings. The SMILES string of the molecule is CC(C)(C)C(=O)c1ccc2[nH]c(-c3ccc(NC(=O)c4cn(CCOCCO)nn4)cc3)nc2c1. The molecule has 1 amide bonds. The molecule has 0 aliphatic carbocycles. The molecule has 0 bridgehead atoms. The van der Waals surface area contributed by atoms with E-state index in [1.807, 2.05) is 51.1 Å². The summed E-state index contributed by atoms with van der Waals surface area (Å²) in [6, 6.07) is 12.8. The number of hydrogen-bond donors (Lipinski definition) is 3.